The second-order valence-electron chi connectivity index (χ2n) is 9.99. The molecule has 1 amide bonds. The van der Waals surface area contributed by atoms with Crippen molar-refractivity contribution in [3.63, 3.8) is 0 Å². The molecule has 0 bridgehead atoms. The Hall–Kier alpha value is -3.35. The van der Waals surface area contributed by atoms with Crippen LogP contribution in [0.25, 0.3) is 10.9 Å². The average Bonchev–Trinajstić information content (AvgIpc) is 3.55. The number of rotatable bonds is 7. The van der Waals surface area contributed by atoms with Gasteiger partial charge in [0.25, 0.3) is 5.91 Å². The maximum Gasteiger partial charge on any atom is 0.310 e. The molecule has 3 heterocycles. The third-order valence-electron chi connectivity index (χ3n) is 7.57. The number of fused-ring (bicyclic) bond motifs is 1. The number of amides is 1. The molecular formula is C27H32N4O3. The minimum absolute atomic E-state index is 0.207. The molecular weight excluding hydrogens is 428 g/mol. The van der Waals surface area contributed by atoms with E-state index in [0.29, 0.717) is 18.2 Å². The third kappa shape index (κ3) is 3.93. The van der Waals surface area contributed by atoms with Gasteiger partial charge in [0.1, 0.15) is 5.69 Å². The van der Waals surface area contributed by atoms with Crippen LogP contribution in [0.5, 0.6) is 0 Å². The second-order valence-corrected chi connectivity index (χ2v) is 9.99. The lowest BCUT2D eigenvalue weighted by Crippen LogP contribution is -2.53. The number of aliphatic carboxylic acids is 1. The summed E-state index contributed by atoms with van der Waals surface area (Å²) >= 11 is 0. The van der Waals surface area contributed by atoms with Crippen molar-refractivity contribution in [1.29, 1.82) is 0 Å². The number of nitrogens with zero attached hydrogens (tertiary/aromatic N) is 3. The van der Waals surface area contributed by atoms with Crippen LogP contribution in [0.15, 0.2) is 24.3 Å². The normalized spacial score (nSPS) is 16.1. The van der Waals surface area contributed by atoms with Gasteiger partial charge >= 0.3 is 5.97 Å². The van der Waals surface area contributed by atoms with Gasteiger partial charge in [-0.15, -0.1) is 0 Å². The van der Waals surface area contributed by atoms with Crippen molar-refractivity contribution in [3.05, 3.63) is 57.9 Å². The van der Waals surface area contributed by atoms with Crippen LogP contribution in [0.1, 0.15) is 51.3 Å². The monoisotopic (exact) mass is 460 g/mol. The van der Waals surface area contributed by atoms with Crippen LogP contribution in [0.2, 0.25) is 0 Å². The Kier molecular flexibility index (Phi) is 5.58. The van der Waals surface area contributed by atoms with Crippen LogP contribution in [-0.2, 0) is 17.9 Å². The number of benzene rings is 1. The Bertz CT molecular complexity index is 1280. The average molecular weight is 461 g/mol. The molecule has 5 rings (SSSR count). The molecule has 0 spiro atoms. The van der Waals surface area contributed by atoms with E-state index in [2.05, 4.69) is 55.8 Å². The minimum Gasteiger partial charge on any atom is -0.481 e. The molecule has 1 aliphatic heterocycles. The van der Waals surface area contributed by atoms with Crippen LogP contribution in [-0.4, -0.2) is 44.5 Å². The van der Waals surface area contributed by atoms with Crippen molar-refractivity contribution in [2.45, 2.75) is 53.6 Å². The maximum absolute atomic E-state index is 13.2. The highest BCUT2D eigenvalue weighted by molar-refractivity contribution is 6.01. The topological polar surface area (TPSA) is 87.5 Å². The largest absolute Gasteiger partial charge is 0.481 e. The predicted molar refractivity (Wildman–Crippen MR) is 132 cm³/mol. The van der Waals surface area contributed by atoms with Crippen LogP contribution < -0.4 is 5.32 Å². The number of nitrogens with one attached hydrogen (secondary N) is 1. The van der Waals surface area contributed by atoms with Crippen LogP contribution in [0, 0.1) is 39.5 Å². The molecule has 1 aromatic carbocycles. The molecule has 2 fully saturated rings. The number of likely N-dealkylation sites (tertiary alicyclic amines) is 1. The van der Waals surface area contributed by atoms with Crippen LogP contribution in [0.3, 0.4) is 0 Å². The molecule has 7 nitrogen and oxygen atoms in total. The van der Waals surface area contributed by atoms with Gasteiger partial charge in [-0.05, 0) is 74.8 Å². The Morgan fingerprint density at radius 3 is 2.41 bits per heavy atom. The summed E-state index contributed by atoms with van der Waals surface area (Å²) in [6.07, 6.45) is 2.51. The van der Waals surface area contributed by atoms with E-state index in [9.17, 15) is 14.7 Å². The fourth-order valence-electron chi connectivity index (χ4n) is 4.94. The molecule has 3 aromatic rings. The zero-order valence-electron chi connectivity index (χ0n) is 20.3. The molecule has 0 unspecified atom stereocenters. The van der Waals surface area contributed by atoms with E-state index >= 15 is 0 Å². The first kappa shape index (κ1) is 22.4. The van der Waals surface area contributed by atoms with Gasteiger partial charge in [-0.25, -0.2) is 4.98 Å². The van der Waals surface area contributed by atoms with Gasteiger partial charge in [-0.3, -0.25) is 9.59 Å². The number of carbonyl (C=O) groups is 2. The lowest BCUT2D eigenvalue weighted by atomic mass is 10.00. The lowest BCUT2D eigenvalue weighted by Gasteiger charge is -2.36. The quantitative estimate of drug-likeness (QED) is 0.544. The SMILES string of the molecule is Cc1cccc(C)c1CNc1nc(C(=O)N2CC(C(=O)O)C2)cc2c(C)c(C)n(CC3CC3)c12. The molecule has 7 heteroatoms. The van der Waals surface area contributed by atoms with Crippen molar-refractivity contribution >= 4 is 28.6 Å². The second kappa shape index (κ2) is 8.46. The van der Waals surface area contributed by atoms with E-state index < -0.39 is 11.9 Å². The zero-order chi connectivity index (χ0) is 24.1. The summed E-state index contributed by atoms with van der Waals surface area (Å²) in [6, 6.07) is 8.18. The van der Waals surface area contributed by atoms with Gasteiger partial charge in [0, 0.05) is 37.3 Å². The molecule has 34 heavy (non-hydrogen) atoms. The van der Waals surface area contributed by atoms with Crippen molar-refractivity contribution in [1.82, 2.24) is 14.5 Å². The number of aromatic nitrogens is 2. The number of carboxylic acid groups (broad SMARTS) is 1. The van der Waals surface area contributed by atoms with Gasteiger partial charge in [0.05, 0.1) is 11.4 Å². The summed E-state index contributed by atoms with van der Waals surface area (Å²) in [5.74, 6) is -0.127. The molecule has 1 saturated heterocycles. The van der Waals surface area contributed by atoms with Crippen molar-refractivity contribution in [2.75, 3.05) is 18.4 Å². The molecule has 2 N–H and O–H groups in total. The van der Waals surface area contributed by atoms with Crippen molar-refractivity contribution in [2.24, 2.45) is 11.8 Å². The molecule has 1 aliphatic carbocycles. The summed E-state index contributed by atoms with van der Waals surface area (Å²) in [5.41, 5.74) is 7.46. The molecule has 1 saturated carbocycles. The maximum atomic E-state index is 13.2. The number of hydrogen-bond acceptors (Lipinski definition) is 4. The molecule has 0 atom stereocenters. The summed E-state index contributed by atoms with van der Waals surface area (Å²) < 4.78 is 2.36. The molecule has 2 aromatic heterocycles. The van der Waals surface area contributed by atoms with E-state index in [4.69, 9.17) is 4.98 Å². The third-order valence-corrected chi connectivity index (χ3v) is 7.57. The van der Waals surface area contributed by atoms with Gasteiger partial charge < -0.3 is 19.9 Å². The zero-order valence-corrected chi connectivity index (χ0v) is 20.3. The molecule has 2 aliphatic rings. The highest BCUT2D eigenvalue weighted by Crippen LogP contribution is 2.37. The van der Waals surface area contributed by atoms with E-state index in [1.165, 1.54) is 35.2 Å². The van der Waals surface area contributed by atoms with Crippen LogP contribution >= 0.6 is 0 Å². The van der Waals surface area contributed by atoms with Gasteiger partial charge in [-0.1, -0.05) is 18.2 Å². The van der Waals surface area contributed by atoms with Crippen molar-refractivity contribution in [3.8, 4) is 0 Å². The Morgan fingerprint density at radius 2 is 1.79 bits per heavy atom. The first-order valence-corrected chi connectivity index (χ1v) is 12.1. The summed E-state index contributed by atoms with van der Waals surface area (Å²) in [4.78, 5) is 30.8. The van der Waals surface area contributed by atoms with Crippen molar-refractivity contribution < 1.29 is 14.7 Å². The summed E-state index contributed by atoms with van der Waals surface area (Å²) in [5, 5.41) is 13.8. The Labute approximate surface area is 199 Å². The Morgan fingerprint density at radius 1 is 1.12 bits per heavy atom. The number of aryl methyl sites for hydroxylation is 3. The van der Waals surface area contributed by atoms with E-state index in [0.717, 1.165) is 28.8 Å². The first-order valence-electron chi connectivity index (χ1n) is 12.1. The standard InChI is InChI=1S/C27H32N4O3/c1-15-6-5-7-16(2)22(15)11-28-25-24-21(17(3)18(4)31(24)12-19-8-9-19)10-23(29-25)26(32)30-13-20(14-30)27(33)34/h5-7,10,19-20H,8-9,11-14H2,1-4H3,(H,28,29)(H,33,34). The Balaban J connectivity index is 1.55. The number of anilines is 1. The van der Waals surface area contributed by atoms with Gasteiger partial charge in [0.15, 0.2) is 5.82 Å². The summed E-state index contributed by atoms with van der Waals surface area (Å²) in [6.45, 7) is 10.5. The van der Waals surface area contributed by atoms with Gasteiger partial charge in [0.2, 0.25) is 0 Å². The number of hydrogen-bond donors (Lipinski definition) is 2. The van der Waals surface area contributed by atoms with Crippen LogP contribution in [0.4, 0.5) is 5.82 Å². The number of pyridine rings is 1. The molecule has 178 valence electrons. The van der Waals surface area contributed by atoms with Gasteiger partial charge in [-0.2, -0.15) is 0 Å². The lowest BCUT2D eigenvalue weighted by molar-refractivity contribution is -0.146. The predicted octanol–water partition coefficient (Wildman–Crippen LogP) is 4.45. The van der Waals surface area contributed by atoms with E-state index in [1.807, 2.05) is 6.07 Å². The fourth-order valence-corrected chi connectivity index (χ4v) is 4.94. The first-order chi connectivity index (χ1) is 16.2. The number of carbonyl (C=O) groups excluding carboxylic acids is 1. The highest BCUT2D eigenvalue weighted by Gasteiger charge is 2.37. The number of carboxylic acids is 1. The van der Waals surface area contributed by atoms with E-state index in [-0.39, 0.29) is 19.0 Å². The smallest absolute Gasteiger partial charge is 0.310 e. The fraction of sp³-hybridized carbons (Fsp3) is 0.444. The highest BCUT2D eigenvalue weighted by atomic mass is 16.4. The summed E-state index contributed by atoms with van der Waals surface area (Å²) in [7, 11) is 0. The molecule has 0 radical (unpaired) electrons. The minimum atomic E-state index is -0.855. The van der Waals surface area contributed by atoms with E-state index in [1.54, 1.807) is 4.90 Å².